The molecule has 1 aliphatic carbocycles. The number of thiazole rings is 1. The molecule has 96 valence electrons. The summed E-state index contributed by atoms with van der Waals surface area (Å²) >= 11 is 1.65. The van der Waals surface area contributed by atoms with E-state index < -0.39 is 0 Å². The van der Waals surface area contributed by atoms with Crippen LogP contribution in [-0.4, -0.2) is 4.98 Å². The Hall–Kier alpha value is -0.870. The molecule has 2 nitrogen and oxygen atoms in total. The Morgan fingerprint density at radius 2 is 1.78 bits per heavy atom. The maximum absolute atomic E-state index is 5.79. The van der Waals surface area contributed by atoms with Crippen LogP contribution in [0, 0.1) is 0 Å². The number of aromatic nitrogens is 1. The molecule has 0 aliphatic heterocycles. The predicted octanol–water partition coefficient (Wildman–Crippen LogP) is 4.16. The SMILES string of the molecule is Br.Nc1ncc(C2(c3ccccc3)CCCC2)s1. The molecule has 0 spiro atoms. The predicted molar refractivity (Wildman–Crippen MR) is 82.5 cm³/mol. The monoisotopic (exact) mass is 324 g/mol. The van der Waals surface area contributed by atoms with Gasteiger partial charge in [0.2, 0.25) is 0 Å². The third-order valence-corrected chi connectivity index (χ3v) is 4.81. The van der Waals surface area contributed by atoms with Gasteiger partial charge in [0.15, 0.2) is 5.13 Å². The topological polar surface area (TPSA) is 38.9 Å². The van der Waals surface area contributed by atoms with Crippen molar-refractivity contribution in [2.75, 3.05) is 5.73 Å². The highest BCUT2D eigenvalue weighted by atomic mass is 79.9. The summed E-state index contributed by atoms with van der Waals surface area (Å²) in [7, 11) is 0. The third-order valence-electron chi connectivity index (χ3n) is 3.78. The smallest absolute Gasteiger partial charge is 0.180 e. The second kappa shape index (κ2) is 5.41. The van der Waals surface area contributed by atoms with Crippen LogP contribution in [0.5, 0.6) is 0 Å². The van der Waals surface area contributed by atoms with E-state index in [2.05, 4.69) is 35.3 Å². The van der Waals surface area contributed by atoms with E-state index in [0.29, 0.717) is 5.13 Å². The number of nitrogens with zero attached hydrogens (tertiary/aromatic N) is 1. The standard InChI is InChI=1S/C14H16N2S.BrH/c15-13-16-10-12(17-13)14(8-4-5-9-14)11-6-2-1-3-7-11;/h1-3,6-7,10H,4-5,8-9H2,(H2,15,16);1H. The van der Waals surface area contributed by atoms with Crippen molar-refractivity contribution in [3.8, 4) is 0 Å². The number of benzene rings is 1. The van der Waals surface area contributed by atoms with Crippen LogP contribution < -0.4 is 5.73 Å². The molecule has 1 saturated carbocycles. The molecule has 1 aromatic heterocycles. The number of hydrogen-bond donors (Lipinski definition) is 1. The van der Waals surface area contributed by atoms with Crippen LogP contribution in [0.15, 0.2) is 36.5 Å². The normalized spacial score (nSPS) is 17.3. The molecular formula is C14H17BrN2S. The first-order valence-electron chi connectivity index (χ1n) is 6.09. The summed E-state index contributed by atoms with van der Waals surface area (Å²) in [4.78, 5) is 5.56. The van der Waals surface area contributed by atoms with Crippen molar-refractivity contribution in [3.63, 3.8) is 0 Å². The molecule has 1 heterocycles. The van der Waals surface area contributed by atoms with Crippen molar-refractivity contribution in [2.24, 2.45) is 0 Å². The van der Waals surface area contributed by atoms with Gasteiger partial charge in [0.25, 0.3) is 0 Å². The number of rotatable bonds is 2. The Labute approximate surface area is 122 Å². The largest absolute Gasteiger partial charge is 0.375 e. The van der Waals surface area contributed by atoms with Gasteiger partial charge in [-0.2, -0.15) is 0 Å². The van der Waals surface area contributed by atoms with Crippen molar-refractivity contribution in [1.82, 2.24) is 4.98 Å². The van der Waals surface area contributed by atoms with Gasteiger partial charge in [0.1, 0.15) is 0 Å². The van der Waals surface area contributed by atoms with Crippen molar-refractivity contribution >= 4 is 33.4 Å². The zero-order chi connectivity index (χ0) is 11.7. The van der Waals surface area contributed by atoms with Gasteiger partial charge in [-0.05, 0) is 18.4 Å². The van der Waals surface area contributed by atoms with Gasteiger partial charge in [0, 0.05) is 16.5 Å². The van der Waals surface area contributed by atoms with E-state index in [1.165, 1.54) is 36.1 Å². The number of halogens is 1. The second-order valence-electron chi connectivity index (χ2n) is 4.72. The maximum Gasteiger partial charge on any atom is 0.180 e. The van der Waals surface area contributed by atoms with Gasteiger partial charge < -0.3 is 5.73 Å². The third kappa shape index (κ3) is 2.19. The first kappa shape index (κ1) is 13.6. The summed E-state index contributed by atoms with van der Waals surface area (Å²) < 4.78 is 0. The highest BCUT2D eigenvalue weighted by Crippen LogP contribution is 2.48. The molecule has 0 saturated heterocycles. The molecule has 0 amide bonds. The Balaban J connectivity index is 0.00000120. The van der Waals surface area contributed by atoms with Gasteiger partial charge in [-0.3, -0.25) is 0 Å². The average molecular weight is 325 g/mol. The zero-order valence-corrected chi connectivity index (χ0v) is 12.7. The molecule has 3 rings (SSSR count). The summed E-state index contributed by atoms with van der Waals surface area (Å²) in [6.45, 7) is 0. The Morgan fingerprint density at radius 3 is 2.33 bits per heavy atom. The highest BCUT2D eigenvalue weighted by Gasteiger charge is 2.38. The minimum atomic E-state index is 0. The van der Waals surface area contributed by atoms with E-state index >= 15 is 0 Å². The molecule has 0 bridgehead atoms. The zero-order valence-electron chi connectivity index (χ0n) is 10.1. The first-order chi connectivity index (χ1) is 8.31. The first-order valence-corrected chi connectivity index (χ1v) is 6.90. The molecule has 0 unspecified atom stereocenters. The van der Waals surface area contributed by atoms with E-state index in [9.17, 15) is 0 Å². The van der Waals surface area contributed by atoms with Crippen LogP contribution >= 0.6 is 28.3 Å². The van der Waals surface area contributed by atoms with E-state index in [1.807, 2.05) is 6.20 Å². The van der Waals surface area contributed by atoms with Gasteiger partial charge in [-0.15, -0.1) is 28.3 Å². The molecule has 0 radical (unpaired) electrons. The van der Waals surface area contributed by atoms with Crippen molar-refractivity contribution in [2.45, 2.75) is 31.1 Å². The minimum Gasteiger partial charge on any atom is -0.375 e. The lowest BCUT2D eigenvalue weighted by molar-refractivity contribution is 0.545. The second-order valence-corrected chi connectivity index (χ2v) is 5.78. The highest BCUT2D eigenvalue weighted by molar-refractivity contribution is 8.93. The van der Waals surface area contributed by atoms with Crippen molar-refractivity contribution in [1.29, 1.82) is 0 Å². The van der Waals surface area contributed by atoms with Crippen LogP contribution in [0.4, 0.5) is 5.13 Å². The fraction of sp³-hybridized carbons (Fsp3) is 0.357. The number of hydrogen-bond acceptors (Lipinski definition) is 3. The molecule has 1 fully saturated rings. The van der Waals surface area contributed by atoms with Crippen LogP contribution in [0.1, 0.15) is 36.1 Å². The lowest BCUT2D eigenvalue weighted by atomic mass is 9.78. The lowest BCUT2D eigenvalue weighted by Crippen LogP contribution is -2.22. The molecule has 2 N–H and O–H groups in total. The van der Waals surface area contributed by atoms with Crippen molar-refractivity contribution in [3.05, 3.63) is 47.0 Å². The van der Waals surface area contributed by atoms with Gasteiger partial charge in [-0.25, -0.2) is 4.98 Å². The fourth-order valence-corrected chi connectivity index (χ4v) is 3.88. The van der Waals surface area contributed by atoms with Crippen molar-refractivity contribution < 1.29 is 0 Å². The molecule has 2 aromatic rings. The molecule has 1 aromatic carbocycles. The summed E-state index contributed by atoms with van der Waals surface area (Å²) in [6.07, 6.45) is 7.01. The molecule has 4 heteroatoms. The van der Waals surface area contributed by atoms with Crippen LogP contribution in [0.25, 0.3) is 0 Å². The van der Waals surface area contributed by atoms with Gasteiger partial charge in [0.05, 0.1) is 0 Å². The summed E-state index contributed by atoms with van der Waals surface area (Å²) in [5.74, 6) is 0. The van der Waals surface area contributed by atoms with Crippen LogP contribution in [0.2, 0.25) is 0 Å². The maximum atomic E-state index is 5.79. The number of nitrogens with two attached hydrogens (primary N) is 1. The number of nitrogen functional groups attached to an aromatic ring is 1. The van der Waals surface area contributed by atoms with Gasteiger partial charge in [-0.1, -0.05) is 43.2 Å². The van der Waals surface area contributed by atoms with Crippen LogP contribution in [-0.2, 0) is 5.41 Å². The van der Waals surface area contributed by atoms with E-state index in [0.717, 1.165) is 0 Å². The number of anilines is 1. The summed E-state index contributed by atoms with van der Waals surface area (Å²) in [5.41, 5.74) is 7.39. The van der Waals surface area contributed by atoms with Gasteiger partial charge >= 0.3 is 0 Å². The Bertz CT molecular complexity index is 504. The molecule has 1 aliphatic rings. The fourth-order valence-electron chi connectivity index (χ4n) is 2.92. The summed E-state index contributed by atoms with van der Waals surface area (Å²) in [5, 5.41) is 0.683. The molecule has 18 heavy (non-hydrogen) atoms. The lowest BCUT2D eigenvalue weighted by Gasteiger charge is -2.28. The van der Waals surface area contributed by atoms with Crippen LogP contribution in [0.3, 0.4) is 0 Å². The molecule has 0 atom stereocenters. The van der Waals surface area contributed by atoms with E-state index in [4.69, 9.17) is 5.73 Å². The molecular weight excluding hydrogens is 308 g/mol. The summed E-state index contributed by atoms with van der Waals surface area (Å²) in [6, 6.07) is 10.8. The van der Waals surface area contributed by atoms with E-state index in [1.54, 1.807) is 11.3 Å². The van der Waals surface area contributed by atoms with E-state index in [-0.39, 0.29) is 22.4 Å². The minimum absolute atomic E-state index is 0. The Kier molecular flexibility index (Phi) is 4.07. The quantitative estimate of drug-likeness (QED) is 0.900. The Morgan fingerprint density at radius 1 is 1.11 bits per heavy atom. The average Bonchev–Trinajstić information content (AvgIpc) is 2.99.